The monoisotopic (exact) mass is 392 g/mol. The zero-order valence-electron chi connectivity index (χ0n) is 14.9. The second-order valence-corrected chi connectivity index (χ2v) is 8.19. The lowest BCUT2D eigenvalue weighted by Gasteiger charge is -2.32. The number of likely N-dealkylation sites (tertiary alicyclic amines) is 1. The van der Waals surface area contributed by atoms with Crippen LogP contribution in [-0.2, 0) is 11.8 Å². The first-order valence-corrected chi connectivity index (χ1v) is 10.1. The van der Waals surface area contributed by atoms with Crippen molar-refractivity contribution >= 4 is 34.6 Å². The number of halogens is 1. The van der Waals surface area contributed by atoms with Crippen molar-refractivity contribution in [1.29, 1.82) is 0 Å². The van der Waals surface area contributed by atoms with E-state index >= 15 is 0 Å². The largest absolute Gasteiger partial charge is 0.350 e. The van der Waals surface area contributed by atoms with Crippen molar-refractivity contribution in [1.82, 2.24) is 19.8 Å². The average Bonchev–Trinajstić information content (AvgIpc) is 3.11. The number of amides is 2. The Balaban J connectivity index is 1.49. The number of rotatable bonds is 4. The number of para-hydroxylation sites is 1. The van der Waals surface area contributed by atoms with Gasteiger partial charge < -0.3 is 15.2 Å². The van der Waals surface area contributed by atoms with Crippen LogP contribution in [0.4, 0.5) is 4.39 Å². The highest BCUT2D eigenvalue weighted by Gasteiger charge is 2.40. The highest BCUT2D eigenvalue weighted by atomic mass is 32.2. The number of alkyl halides is 1. The quantitative estimate of drug-likeness (QED) is 0.809. The molecule has 2 aliphatic heterocycles. The van der Waals surface area contributed by atoms with Gasteiger partial charge in [-0.25, -0.2) is 9.18 Å². The maximum atomic E-state index is 13.9. The molecule has 0 radical (unpaired) electrons. The van der Waals surface area contributed by atoms with Gasteiger partial charge in [0.1, 0.15) is 6.17 Å². The Morgan fingerprint density at radius 3 is 2.85 bits per heavy atom. The van der Waals surface area contributed by atoms with Crippen LogP contribution in [0.2, 0.25) is 0 Å². The molecule has 0 spiro atoms. The Bertz CT molecular complexity index is 952. The third-order valence-corrected chi connectivity index (χ3v) is 6.57. The number of nitrogens with one attached hydrogen (secondary N) is 2. The molecule has 2 saturated heterocycles. The summed E-state index contributed by atoms with van der Waals surface area (Å²) in [5.41, 5.74) is 1.18. The van der Waals surface area contributed by atoms with Gasteiger partial charge in [-0.1, -0.05) is 6.07 Å². The summed E-state index contributed by atoms with van der Waals surface area (Å²) in [4.78, 5) is 41.3. The smallest absolute Gasteiger partial charge is 0.326 e. The number of benzene rings is 1. The molecule has 2 aliphatic rings. The number of hydrogen-bond acceptors (Lipinski definition) is 4. The van der Waals surface area contributed by atoms with Crippen LogP contribution >= 0.6 is 11.8 Å². The minimum atomic E-state index is -1.06. The van der Waals surface area contributed by atoms with Crippen LogP contribution in [-0.4, -0.2) is 63.1 Å². The second kappa shape index (κ2) is 7.03. The van der Waals surface area contributed by atoms with Gasteiger partial charge in [0, 0.05) is 31.5 Å². The fraction of sp³-hybridized carbons (Fsp3) is 0.500. The molecule has 2 N–H and O–H groups in total. The van der Waals surface area contributed by atoms with Gasteiger partial charge in [-0.3, -0.25) is 14.2 Å². The van der Waals surface area contributed by atoms with E-state index in [0.717, 1.165) is 11.5 Å². The number of carbonyl (C=O) groups excluding carboxylic acids is 2. The molecule has 1 aromatic heterocycles. The second-order valence-electron chi connectivity index (χ2n) is 7.11. The molecule has 0 aliphatic carbocycles. The van der Waals surface area contributed by atoms with E-state index in [9.17, 15) is 18.8 Å². The molecule has 27 heavy (non-hydrogen) atoms. The molecule has 1 aromatic carbocycles. The molecule has 3 heterocycles. The van der Waals surface area contributed by atoms with Gasteiger partial charge in [-0.15, -0.1) is 0 Å². The molecule has 144 valence electrons. The Hall–Kier alpha value is -2.29. The summed E-state index contributed by atoms with van der Waals surface area (Å²) >= 11 is 1.71. The molecule has 7 nitrogen and oxygen atoms in total. The number of fused-ring (bicyclic) bond motifs is 1. The molecule has 0 unspecified atom stereocenters. The molecular formula is C18H21FN4O3S. The summed E-state index contributed by atoms with van der Waals surface area (Å²) in [6.45, 7) is 0.294. The van der Waals surface area contributed by atoms with Gasteiger partial charge in [-0.2, -0.15) is 11.8 Å². The van der Waals surface area contributed by atoms with E-state index in [1.807, 2.05) is 0 Å². The van der Waals surface area contributed by atoms with Crippen molar-refractivity contribution in [3.8, 4) is 0 Å². The zero-order chi connectivity index (χ0) is 19.1. The van der Waals surface area contributed by atoms with E-state index in [1.165, 1.54) is 4.57 Å². The third-order valence-electron chi connectivity index (χ3n) is 5.29. The normalized spacial score (nSPS) is 22.8. The number of aromatic nitrogens is 2. The summed E-state index contributed by atoms with van der Waals surface area (Å²) in [5.74, 6) is 1.19. The predicted octanol–water partition coefficient (Wildman–Crippen LogP) is 0.898. The number of nitrogens with zero attached hydrogens (tertiary/aromatic N) is 2. The van der Waals surface area contributed by atoms with E-state index in [0.29, 0.717) is 16.6 Å². The Morgan fingerprint density at radius 2 is 2.15 bits per heavy atom. The van der Waals surface area contributed by atoms with Gasteiger partial charge >= 0.3 is 5.69 Å². The van der Waals surface area contributed by atoms with Gasteiger partial charge in [-0.05, 0) is 12.1 Å². The molecule has 2 amide bonds. The minimum absolute atomic E-state index is 0.0109. The Morgan fingerprint density at radius 1 is 1.37 bits per heavy atom. The van der Waals surface area contributed by atoms with Crippen molar-refractivity contribution in [3.05, 3.63) is 34.2 Å². The van der Waals surface area contributed by atoms with Crippen LogP contribution in [0.15, 0.2) is 23.0 Å². The molecular weight excluding hydrogens is 371 g/mol. The van der Waals surface area contributed by atoms with E-state index in [4.69, 9.17) is 0 Å². The highest BCUT2D eigenvalue weighted by molar-refractivity contribution is 8.00. The number of imidazole rings is 1. The SMILES string of the molecule is Cn1c(=O)[nH]c2cccc(C(=O)NC[C@@H]3C[C@H](F)CN3C(=O)C3CSC3)c21. The lowest BCUT2D eigenvalue weighted by molar-refractivity contribution is -0.135. The summed E-state index contributed by atoms with van der Waals surface area (Å²) in [6, 6.07) is 4.74. The fourth-order valence-corrected chi connectivity index (χ4v) is 4.49. The van der Waals surface area contributed by atoms with Gasteiger partial charge in [0.05, 0.1) is 35.1 Å². The van der Waals surface area contributed by atoms with Gasteiger partial charge in [0.25, 0.3) is 5.91 Å². The predicted molar refractivity (Wildman–Crippen MR) is 102 cm³/mol. The topological polar surface area (TPSA) is 87.2 Å². The van der Waals surface area contributed by atoms with Crippen molar-refractivity contribution in [2.45, 2.75) is 18.6 Å². The maximum absolute atomic E-state index is 13.9. The fourth-order valence-electron chi connectivity index (χ4n) is 3.73. The molecule has 2 fully saturated rings. The van der Waals surface area contributed by atoms with Gasteiger partial charge in [0.15, 0.2) is 0 Å². The highest BCUT2D eigenvalue weighted by Crippen LogP contribution is 2.30. The Labute approximate surface area is 159 Å². The molecule has 0 saturated carbocycles. The van der Waals surface area contributed by atoms with Crippen LogP contribution in [0, 0.1) is 5.92 Å². The van der Waals surface area contributed by atoms with Crippen LogP contribution < -0.4 is 11.0 Å². The first-order valence-electron chi connectivity index (χ1n) is 8.94. The number of aromatic amines is 1. The lowest BCUT2D eigenvalue weighted by Crippen LogP contribution is -2.48. The Kier molecular flexibility index (Phi) is 4.71. The summed E-state index contributed by atoms with van der Waals surface area (Å²) in [7, 11) is 1.60. The van der Waals surface area contributed by atoms with E-state index in [2.05, 4.69) is 10.3 Å². The van der Waals surface area contributed by atoms with Crippen LogP contribution in [0.5, 0.6) is 0 Å². The van der Waals surface area contributed by atoms with E-state index in [1.54, 1.807) is 41.9 Å². The first kappa shape index (κ1) is 18.1. The molecule has 2 aromatic rings. The van der Waals surface area contributed by atoms with E-state index < -0.39 is 6.17 Å². The zero-order valence-corrected chi connectivity index (χ0v) is 15.7. The number of aryl methyl sites for hydroxylation is 1. The minimum Gasteiger partial charge on any atom is -0.350 e. The number of hydrogen-bond donors (Lipinski definition) is 2. The third kappa shape index (κ3) is 3.24. The molecule has 9 heteroatoms. The lowest BCUT2D eigenvalue weighted by atomic mass is 10.1. The summed E-state index contributed by atoms with van der Waals surface area (Å²) in [6.07, 6.45) is -0.823. The van der Waals surface area contributed by atoms with Crippen molar-refractivity contribution in [2.24, 2.45) is 13.0 Å². The van der Waals surface area contributed by atoms with Crippen molar-refractivity contribution < 1.29 is 14.0 Å². The van der Waals surface area contributed by atoms with Crippen LogP contribution in [0.3, 0.4) is 0 Å². The summed E-state index contributed by atoms with van der Waals surface area (Å²) in [5, 5.41) is 2.82. The van der Waals surface area contributed by atoms with Crippen LogP contribution in [0.1, 0.15) is 16.8 Å². The summed E-state index contributed by atoms with van der Waals surface area (Å²) < 4.78 is 15.3. The number of carbonyl (C=O) groups is 2. The molecule has 0 bridgehead atoms. The standard InChI is InChI=1S/C18H21FN4O3S/c1-22-15-13(3-2-4-14(15)21-18(22)26)16(24)20-6-12-5-11(19)7-23(12)17(25)10-8-27-9-10/h2-4,10-12H,5-9H2,1H3,(H,20,24)(H,21,26)/t11-,12-/m0/s1. The first-order chi connectivity index (χ1) is 13.0. The van der Waals surface area contributed by atoms with Gasteiger partial charge in [0.2, 0.25) is 5.91 Å². The van der Waals surface area contributed by atoms with Crippen molar-refractivity contribution in [2.75, 3.05) is 24.6 Å². The molecule has 2 atom stereocenters. The average molecular weight is 392 g/mol. The molecule has 4 rings (SSSR count). The van der Waals surface area contributed by atoms with Crippen LogP contribution in [0.25, 0.3) is 11.0 Å². The van der Waals surface area contributed by atoms with E-state index in [-0.39, 0.29) is 49.0 Å². The van der Waals surface area contributed by atoms with Crippen molar-refractivity contribution in [3.63, 3.8) is 0 Å². The number of H-pyrrole nitrogens is 1. The maximum Gasteiger partial charge on any atom is 0.326 e. The number of thioether (sulfide) groups is 1.